The van der Waals surface area contributed by atoms with Crippen molar-refractivity contribution in [2.75, 3.05) is 47.5 Å². The average molecular weight is 744 g/mol. The van der Waals surface area contributed by atoms with E-state index in [0.29, 0.717) is 23.9 Å². The van der Waals surface area contributed by atoms with Crippen LogP contribution in [0.3, 0.4) is 0 Å². The maximum atomic E-state index is 12.7. The maximum Gasteiger partial charge on any atom is 0.306 e. The lowest BCUT2D eigenvalue weighted by atomic mass is 10.1. The second kappa shape index (κ2) is 35.7. The zero-order valence-corrected chi connectivity index (χ0v) is 33.9. The quantitative estimate of drug-likeness (QED) is 0.0209. The largest absolute Gasteiger partial charge is 0.545 e. The molecule has 0 radical (unpaired) electrons. The first kappa shape index (κ1) is 49.7. The summed E-state index contributed by atoms with van der Waals surface area (Å²) in [5.74, 6) is -2.36. The van der Waals surface area contributed by atoms with Crippen molar-refractivity contribution < 1.29 is 42.9 Å². The van der Waals surface area contributed by atoms with Gasteiger partial charge in [-0.1, -0.05) is 112 Å². The van der Waals surface area contributed by atoms with Crippen LogP contribution in [0.2, 0.25) is 0 Å². The van der Waals surface area contributed by atoms with Gasteiger partial charge in [0.25, 0.3) is 0 Å². The van der Waals surface area contributed by atoms with Gasteiger partial charge in [-0.3, -0.25) is 9.59 Å². The summed E-state index contributed by atoms with van der Waals surface area (Å²) in [6.45, 7) is 4.42. The van der Waals surface area contributed by atoms with Crippen molar-refractivity contribution in [3.05, 3.63) is 72.9 Å². The number of unbranched alkanes of at least 4 members (excludes halogenated alkanes) is 8. The fourth-order valence-corrected chi connectivity index (χ4v) is 4.85. The Hall–Kier alpha value is -3.27. The molecule has 0 amide bonds. The van der Waals surface area contributed by atoms with Crippen LogP contribution < -0.4 is 5.11 Å². The summed E-state index contributed by atoms with van der Waals surface area (Å²) in [7, 11) is 5.87. The summed E-state index contributed by atoms with van der Waals surface area (Å²) in [6, 6.07) is 0. The Labute approximate surface area is 322 Å². The summed E-state index contributed by atoms with van der Waals surface area (Å²) in [4.78, 5) is 36.8. The third kappa shape index (κ3) is 36.9. The Morgan fingerprint density at radius 1 is 0.566 bits per heavy atom. The van der Waals surface area contributed by atoms with Crippen LogP contribution in [-0.4, -0.2) is 82.3 Å². The van der Waals surface area contributed by atoms with Gasteiger partial charge in [-0.15, -0.1) is 0 Å². The second-order valence-electron chi connectivity index (χ2n) is 14.2. The molecule has 0 rings (SSSR count). The topological polar surface area (TPSA) is 111 Å². The number of carboxylic acids is 1. The van der Waals surface area contributed by atoms with Crippen molar-refractivity contribution in [2.45, 2.75) is 142 Å². The van der Waals surface area contributed by atoms with Gasteiger partial charge in [-0.25, -0.2) is 0 Å². The molecular weight excluding hydrogens is 670 g/mol. The van der Waals surface area contributed by atoms with E-state index in [2.05, 4.69) is 86.8 Å². The van der Waals surface area contributed by atoms with Crippen molar-refractivity contribution in [3.8, 4) is 0 Å². The molecule has 0 fully saturated rings. The normalized spacial score (nSPS) is 13.8. The minimum atomic E-state index is -1.63. The van der Waals surface area contributed by atoms with E-state index in [1.165, 1.54) is 0 Å². The van der Waals surface area contributed by atoms with Crippen molar-refractivity contribution in [3.63, 3.8) is 0 Å². The summed E-state index contributed by atoms with van der Waals surface area (Å²) >= 11 is 0. The van der Waals surface area contributed by atoms with E-state index >= 15 is 0 Å². The molecule has 0 spiro atoms. The van der Waals surface area contributed by atoms with Gasteiger partial charge in [-0.2, -0.15) is 0 Å². The van der Waals surface area contributed by atoms with Crippen LogP contribution in [-0.2, 0) is 33.3 Å². The Kier molecular flexibility index (Phi) is 33.5. The maximum absolute atomic E-state index is 12.7. The Morgan fingerprint density at radius 2 is 1.02 bits per heavy atom. The second-order valence-corrected chi connectivity index (χ2v) is 14.2. The minimum Gasteiger partial charge on any atom is -0.545 e. The van der Waals surface area contributed by atoms with E-state index in [1.54, 1.807) is 0 Å². The Balaban J connectivity index is 4.60. The van der Waals surface area contributed by atoms with Gasteiger partial charge in [0.1, 0.15) is 13.2 Å². The number of carbonyl (C=O) groups is 3. The Morgan fingerprint density at radius 3 is 1.53 bits per heavy atom. The molecule has 0 saturated heterocycles. The summed E-state index contributed by atoms with van der Waals surface area (Å²) in [6.07, 6.45) is 39.4. The molecule has 53 heavy (non-hydrogen) atoms. The van der Waals surface area contributed by atoms with Crippen molar-refractivity contribution >= 4 is 17.9 Å². The molecule has 0 bridgehead atoms. The van der Waals surface area contributed by atoms with Crippen LogP contribution in [0.4, 0.5) is 0 Å². The highest BCUT2D eigenvalue weighted by Crippen LogP contribution is 2.11. The molecule has 2 unspecified atom stereocenters. The number of esters is 2. The van der Waals surface area contributed by atoms with Crippen molar-refractivity contribution in [1.82, 2.24) is 0 Å². The fraction of sp³-hybridized carbons (Fsp3) is 0.659. The molecule has 0 saturated carbocycles. The number of aliphatic carboxylic acids is 1. The van der Waals surface area contributed by atoms with Crippen LogP contribution in [0, 0.1) is 0 Å². The van der Waals surface area contributed by atoms with Crippen LogP contribution in [0.25, 0.3) is 0 Å². The monoisotopic (exact) mass is 744 g/mol. The summed E-state index contributed by atoms with van der Waals surface area (Å²) in [5, 5.41) is 11.7. The zero-order valence-electron chi connectivity index (χ0n) is 33.9. The van der Waals surface area contributed by atoms with Crippen LogP contribution in [0.15, 0.2) is 72.9 Å². The van der Waals surface area contributed by atoms with E-state index in [4.69, 9.17) is 18.9 Å². The predicted molar refractivity (Wildman–Crippen MR) is 214 cm³/mol. The van der Waals surface area contributed by atoms with Gasteiger partial charge >= 0.3 is 11.9 Å². The average Bonchev–Trinajstić information content (AvgIpc) is 3.11. The van der Waals surface area contributed by atoms with E-state index in [-0.39, 0.29) is 32.7 Å². The molecule has 0 aliphatic rings. The minimum absolute atomic E-state index is 0.135. The molecule has 0 aliphatic carbocycles. The number of ether oxygens (including phenoxy) is 4. The number of allylic oxidation sites excluding steroid dienone is 12. The van der Waals surface area contributed by atoms with Gasteiger partial charge < -0.3 is 33.3 Å². The first-order valence-electron chi connectivity index (χ1n) is 20.1. The lowest BCUT2D eigenvalue weighted by molar-refractivity contribution is -0.870. The molecule has 302 valence electrons. The molecular formula is C44H73NO8. The molecule has 0 aromatic rings. The van der Waals surface area contributed by atoms with Crippen molar-refractivity contribution in [1.29, 1.82) is 0 Å². The number of hydrogen-bond acceptors (Lipinski definition) is 8. The molecule has 0 aliphatic heterocycles. The van der Waals surface area contributed by atoms with Crippen LogP contribution >= 0.6 is 0 Å². The number of nitrogens with zero attached hydrogens (tertiary/aromatic N) is 1. The third-order valence-electron chi connectivity index (χ3n) is 7.95. The van der Waals surface area contributed by atoms with Gasteiger partial charge in [-0.05, 0) is 77.0 Å². The first-order chi connectivity index (χ1) is 25.6. The molecule has 0 N–H and O–H groups in total. The van der Waals surface area contributed by atoms with Gasteiger partial charge in [0.2, 0.25) is 0 Å². The fourth-order valence-electron chi connectivity index (χ4n) is 4.85. The highest BCUT2D eigenvalue weighted by atomic mass is 16.7. The number of carboxylic acid groups (broad SMARTS) is 1. The van der Waals surface area contributed by atoms with Gasteiger partial charge in [0.15, 0.2) is 12.4 Å². The summed E-state index contributed by atoms with van der Waals surface area (Å²) < 4.78 is 22.4. The number of hydrogen-bond donors (Lipinski definition) is 0. The standard InChI is InChI=1S/C44H73NO8/c1-6-8-10-12-14-16-18-20-21-23-25-27-29-31-33-35-42(47)53-40(39-52-44(43(48)49)50-37-36-45(3,4)5)38-51-41(46)34-32-30-28-26-24-22-19-17-15-13-11-9-7-2/h8-11,14-17,20-22,24,40,44H,6-7,12-13,18-19,23,25-39H2,1-5H3/b10-8-,11-9-,16-14-,17-15-,21-20-,24-22-. The highest BCUT2D eigenvalue weighted by molar-refractivity contribution is 5.70. The van der Waals surface area contributed by atoms with E-state index in [9.17, 15) is 19.5 Å². The van der Waals surface area contributed by atoms with E-state index in [1.807, 2.05) is 21.1 Å². The number of quaternary nitrogens is 1. The van der Waals surface area contributed by atoms with Crippen molar-refractivity contribution in [2.24, 2.45) is 0 Å². The predicted octanol–water partition coefficient (Wildman–Crippen LogP) is 8.66. The Bertz CT molecular complexity index is 1100. The zero-order chi connectivity index (χ0) is 39.3. The lowest BCUT2D eigenvalue weighted by Crippen LogP contribution is -2.44. The molecule has 0 aromatic carbocycles. The van der Waals surface area contributed by atoms with E-state index in [0.717, 1.165) is 89.9 Å². The molecule has 9 heteroatoms. The highest BCUT2D eigenvalue weighted by Gasteiger charge is 2.21. The SMILES string of the molecule is CC/C=C\C/C=C\C/C=C\CCCCCCCC(=O)OC(COC(=O)CCCCC/C=C\C/C=C\C/C=C\CC)COC(OCC[N+](C)(C)C)C(=O)[O-]. The lowest BCUT2D eigenvalue weighted by Gasteiger charge is -2.26. The molecule has 2 atom stereocenters. The van der Waals surface area contributed by atoms with Crippen LogP contribution in [0.1, 0.15) is 129 Å². The number of rotatable bonds is 35. The molecule has 9 nitrogen and oxygen atoms in total. The van der Waals surface area contributed by atoms with E-state index < -0.39 is 30.3 Å². The van der Waals surface area contributed by atoms with Crippen LogP contribution in [0.5, 0.6) is 0 Å². The molecule has 0 aromatic heterocycles. The number of likely N-dealkylation sites (N-methyl/N-ethyl adjacent to an activating group) is 1. The number of carbonyl (C=O) groups excluding carboxylic acids is 3. The summed E-state index contributed by atoms with van der Waals surface area (Å²) in [5.41, 5.74) is 0. The smallest absolute Gasteiger partial charge is 0.306 e. The first-order valence-corrected chi connectivity index (χ1v) is 20.1. The third-order valence-corrected chi connectivity index (χ3v) is 7.95. The van der Waals surface area contributed by atoms with Gasteiger partial charge in [0.05, 0.1) is 40.3 Å². The molecule has 0 heterocycles. The van der Waals surface area contributed by atoms with Gasteiger partial charge in [0, 0.05) is 12.8 Å².